The molecule has 0 aromatic heterocycles. The van der Waals surface area contributed by atoms with Gasteiger partial charge < -0.3 is 22.0 Å². The zero-order valence-electron chi connectivity index (χ0n) is 9.22. The second-order valence-electron chi connectivity index (χ2n) is 3.92. The summed E-state index contributed by atoms with van der Waals surface area (Å²) in [6, 6.07) is 0. The summed E-state index contributed by atoms with van der Waals surface area (Å²) < 4.78 is 0.835. The van der Waals surface area contributed by atoms with Crippen LogP contribution in [0.3, 0.4) is 0 Å². The topological polar surface area (TPSA) is 20.2 Å². The van der Waals surface area contributed by atoms with E-state index in [9.17, 15) is 5.11 Å². The molecule has 0 spiro atoms. The van der Waals surface area contributed by atoms with E-state index in [1.54, 1.807) is 0 Å². The van der Waals surface area contributed by atoms with Crippen molar-refractivity contribution in [1.82, 2.24) is 0 Å². The largest absolute Gasteiger partial charge is 1.00 e. The summed E-state index contributed by atoms with van der Waals surface area (Å²) in [5.74, 6) is 0. The third kappa shape index (κ3) is 7.29. The maximum Gasteiger partial charge on any atom is 0.180 e. The molecule has 0 bridgehead atoms. The molecule has 0 saturated heterocycles. The zero-order valence-corrected chi connectivity index (χ0v) is 9.98. The minimum absolute atomic E-state index is 0. The van der Waals surface area contributed by atoms with Crippen molar-refractivity contribution >= 4 is 0 Å². The molecule has 0 rings (SSSR count). The molecule has 0 radical (unpaired) electrons. The second kappa shape index (κ2) is 8.79. The second-order valence-corrected chi connectivity index (χ2v) is 3.92. The summed E-state index contributed by atoms with van der Waals surface area (Å²) in [5.41, 5.74) is 0. The number of aliphatic hydroxyl groups excluding tert-OH is 1. The van der Waals surface area contributed by atoms with Crippen LogP contribution in [0, 0.1) is 0 Å². The first-order valence-electron chi connectivity index (χ1n) is 5.13. The minimum atomic E-state index is 0. The van der Waals surface area contributed by atoms with E-state index in [0.717, 1.165) is 17.6 Å². The molecule has 0 aliphatic heterocycles. The monoisotopic (exact) mass is 209 g/mol. The highest BCUT2D eigenvalue weighted by Crippen LogP contribution is 2.06. The van der Waals surface area contributed by atoms with Gasteiger partial charge in [0.15, 0.2) is 6.73 Å². The van der Waals surface area contributed by atoms with Gasteiger partial charge in [-0.15, -0.1) is 0 Å². The fraction of sp³-hybridized carbons (Fsp3) is 1.00. The minimum Gasteiger partial charge on any atom is -1.00 e. The van der Waals surface area contributed by atoms with E-state index >= 15 is 0 Å². The Hall–Kier alpha value is 0.210. The van der Waals surface area contributed by atoms with E-state index in [4.69, 9.17) is 0 Å². The SMILES string of the molecule is CCCC[N+](C)(CO)CCCC.[Cl-]. The van der Waals surface area contributed by atoms with E-state index in [0.29, 0.717) is 6.73 Å². The van der Waals surface area contributed by atoms with E-state index in [2.05, 4.69) is 20.9 Å². The van der Waals surface area contributed by atoms with Crippen LogP contribution in [-0.4, -0.2) is 36.5 Å². The Balaban J connectivity index is 0. The van der Waals surface area contributed by atoms with Crippen molar-refractivity contribution in [3.05, 3.63) is 0 Å². The Morgan fingerprint density at radius 1 is 1.00 bits per heavy atom. The lowest BCUT2D eigenvalue weighted by atomic mass is 10.2. The standard InChI is InChI=1S/C10H24NO.ClH/c1-4-6-8-11(3,10-12)9-7-5-2;/h12H,4-10H2,1-3H3;1H/q+1;/p-1. The van der Waals surface area contributed by atoms with Gasteiger partial charge in [0.1, 0.15) is 0 Å². The fourth-order valence-electron chi connectivity index (χ4n) is 1.33. The highest BCUT2D eigenvalue weighted by Gasteiger charge is 2.17. The van der Waals surface area contributed by atoms with E-state index in [1.165, 1.54) is 25.7 Å². The molecule has 0 unspecified atom stereocenters. The quantitative estimate of drug-likeness (QED) is 0.421. The lowest BCUT2D eigenvalue weighted by Crippen LogP contribution is -3.00. The number of unbranched alkanes of at least 4 members (excludes halogenated alkanes) is 2. The summed E-state index contributed by atoms with van der Waals surface area (Å²) in [7, 11) is 2.14. The number of quaternary nitrogens is 1. The van der Waals surface area contributed by atoms with Gasteiger partial charge in [-0.1, -0.05) is 26.7 Å². The summed E-state index contributed by atoms with van der Waals surface area (Å²) >= 11 is 0. The van der Waals surface area contributed by atoms with Crippen LogP contribution in [0.5, 0.6) is 0 Å². The van der Waals surface area contributed by atoms with Gasteiger partial charge in [-0.25, -0.2) is 0 Å². The molecule has 1 N–H and O–H groups in total. The van der Waals surface area contributed by atoms with Gasteiger partial charge in [-0.2, -0.15) is 0 Å². The first kappa shape index (κ1) is 15.7. The number of halogens is 1. The van der Waals surface area contributed by atoms with Crippen molar-refractivity contribution < 1.29 is 22.0 Å². The van der Waals surface area contributed by atoms with Crippen molar-refractivity contribution in [3.8, 4) is 0 Å². The third-order valence-electron chi connectivity index (χ3n) is 2.44. The maximum atomic E-state index is 9.21. The number of aliphatic hydroxyl groups is 1. The lowest BCUT2D eigenvalue weighted by Gasteiger charge is -2.32. The summed E-state index contributed by atoms with van der Waals surface area (Å²) in [6.45, 7) is 6.92. The van der Waals surface area contributed by atoms with Crippen LogP contribution in [0.2, 0.25) is 0 Å². The predicted octanol–water partition coefficient (Wildman–Crippen LogP) is -1.01. The van der Waals surface area contributed by atoms with Crippen LogP contribution in [0.25, 0.3) is 0 Å². The molecule has 0 amide bonds. The van der Waals surface area contributed by atoms with Gasteiger partial charge in [0.05, 0.1) is 20.1 Å². The van der Waals surface area contributed by atoms with Gasteiger partial charge in [0.2, 0.25) is 0 Å². The molecule has 0 saturated carbocycles. The van der Waals surface area contributed by atoms with Crippen LogP contribution < -0.4 is 12.4 Å². The molecule has 0 aliphatic rings. The van der Waals surface area contributed by atoms with Crippen molar-refractivity contribution in [1.29, 1.82) is 0 Å². The van der Waals surface area contributed by atoms with Crippen molar-refractivity contribution in [2.75, 3.05) is 26.9 Å². The first-order valence-corrected chi connectivity index (χ1v) is 5.13. The van der Waals surface area contributed by atoms with Gasteiger partial charge in [-0.05, 0) is 12.8 Å². The van der Waals surface area contributed by atoms with Crippen LogP contribution in [0.15, 0.2) is 0 Å². The predicted molar refractivity (Wildman–Crippen MR) is 52.8 cm³/mol. The molecule has 0 heterocycles. The van der Waals surface area contributed by atoms with Crippen LogP contribution >= 0.6 is 0 Å². The van der Waals surface area contributed by atoms with E-state index in [-0.39, 0.29) is 12.4 Å². The summed E-state index contributed by atoms with van der Waals surface area (Å²) in [4.78, 5) is 0. The number of rotatable bonds is 7. The lowest BCUT2D eigenvalue weighted by molar-refractivity contribution is -0.927. The summed E-state index contributed by atoms with van der Waals surface area (Å²) in [6.07, 6.45) is 4.89. The van der Waals surface area contributed by atoms with Crippen LogP contribution in [0.1, 0.15) is 39.5 Å². The normalized spacial score (nSPS) is 11.1. The van der Waals surface area contributed by atoms with Gasteiger partial charge in [0, 0.05) is 0 Å². The molecular formula is C10H24ClNO. The Labute approximate surface area is 88.9 Å². The highest BCUT2D eigenvalue weighted by molar-refractivity contribution is 4.38. The molecule has 0 atom stereocenters. The maximum absolute atomic E-state index is 9.21. The number of hydrogen-bond acceptors (Lipinski definition) is 1. The number of hydrogen-bond donors (Lipinski definition) is 1. The Morgan fingerprint density at radius 3 is 1.62 bits per heavy atom. The Kier molecular flexibility index (Phi) is 10.6. The van der Waals surface area contributed by atoms with Crippen molar-refractivity contribution in [2.24, 2.45) is 0 Å². The van der Waals surface area contributed by atoms with E-state index < -0.39 is 0 Å². The Bertz CT molecular complexity index is 101. The third-order valence-corrected chi connectivity index (χ3v) is 2.44. The van der Waals surface area contributed by atoms with Crippen LogP contribution in [-0.2, 0) is 0 Å². The van der Waals surface area contributed by atoms with Gasteiger partial charge in [0.25, 0.3) is 0 Å². The van der Waals surface area contributed by atoms with Crippen LogP contribution in [0.4, 0.5) is 0 Å². The first-order chi connectivity index (χ1) is 5.68. The smallest absolute Gasteiger partial charge is 0.180 e. The Morgan fingerprint density at radius 2 is 1.38 bits per heavy atom. The van der Waals surface area contributed by atoms with Gasteiger partial charge in [-0.3, -0.25) is 0 Å². The molecule has 13 heavy (non-hydrogen) atoms. The molecule has 0 aromatic rings. The number of nitrogens with zero attached hydrogens (tertiary/aromatic N) is 1. The molecule has 0 aromatic carbocycles. The molecule has 0 fully saturated rings. The van der Waals surface area contributed by atoms with Crippen molar-refractivity contribution in [2.45, 2.75) is 39.5 Å². The average molecular weight is 210 g/mol. The van der Waals surface area contributed by atoms with Gasteiger partial charge >= 0.3 is 0 Å². The molecule has 2 nitrogen and oxygen atoms in total. The summed E-state index contributed by atoms with van der Waals surface area (Å²) in [5, 5.41) is 9.21. The van der Waals surface area contributed by atoms with Crippen molar-refractivity contribution in [3.63, 3.8) is 0 Å². The average Bonchev–Trinajstić information content (AvgIpc) is 2.11. The molecule has 0 aliphatic carbocycles. The zero-order chi connectivity index (χ0) is 9.45. The molecule has 82 valence electrons. The molecular weight excluding hydrogens is 186 g/mol. The highest BCUT2D eigenvalue weighted by atomic mass is 35.5. The fourth-order valence-corrected chi connectivity index (χ4v) is 1.33. The van der Waals surface area contributed by atoms with E-state index in [1.807, 2.05) is 0 Å². The molecule has 3 heteroatoms.